The summed E-state index contributed by atoms with van der Waals surface area (Å²) in [5.74, 6) is 0.213. The molecule has 0 heterocycles. The normalized spacial score (nSPS) is 12.5. The van der Waals surface area contributed by atoms with Gasteiger partial charge in [-0.2, -0.15) is 0 Å². The van der Waals surface area contributed by atoms with Crippen molar-refractivity contribution in [2.75, 3.05) is 0 Å². The van der Waals surface area contributed by atoms with Crippen molar-refractivity contribution < 1.29 is 0 Å². The molecule has 0 N–H and O–H groups in total. The predicted octanol–water partition coefficient (Wildman–Crippen LogP) is 3.96. The Labute approximate surface area is 94.2 Å². The number of allylic oxidation sites excluding steroid dienone is 1. The minimum Gasteiger partial charge on any atom is -0.102 e. The summed E-state index contributed by atoms with van der Waals surface area (Å²) in [6.45, 7) is 10.0. The maximum absolute atomic E-state index is 4.06. The molecule has 69 valence electrons. The van der Waals surface area contributed by atoms with E-state index in [1.807, 2.05) is 6.08 Å². The number of hydrogen-bond acceptors (Lipinski definition) is 0. The van der Waals surface area contributed by atoms with Gasteiger partial charge in [-0.3, -0.25) is 0 Å². The van der Waals surface area contributed by atoms with E-state index in [9.17, 15) is 0 Å². The van der Waals surface area contributed by atoms with E-state index in [1.54, 1.807) is 0 Å². The second kappa shape index (κ2) is 4.80. The monoisotopic (exact) mass is 285 g/mol. The van der Waals surface area contributed by atoms with Crippen molar-refractivity contribution in [1.29, 1.82) is 0 Å². The molecule has 1 unspecified atom stereocenters. The van der Waals surface area contributed by atoms with E-state index in [0.29, 0.717) is 0 Å². The SMILES string of the molecule is [CH2]C(C=C)c1cccc(I)c1CC. The van der Waals surface area contributed by atoms with Crippen molar-refractivity contribution in [2.24, 2.45) is 0 Å². The highest BCUT2D eigenvalue weighted by molar-refractivity contribution is 14.1. The Kier molecular flexibility index (Phi) is 3.97. The smallest absolute Gasteiger partial charge is 0.0165 e. The average molecular weight is 285 g/mol. The molecule has 0 aliphatic carbocycles. The number of halogens is 1. The molecule has 13 heavy (non-hydrogen) atoms. The van der Waals surface area contributed by atoms with Gasteiger partial charge >= 0.3 is 0 Å². The highest BCUT2D eigenvalue weighted by Crippen LogP contribution is 2.24. The predicted molar refractivity (Wildman–Crippen MR) is 66.8 cm³/mol. The standard InChI is InChI=1S/C12H14I/c1-4-9(3)11-7-6-8-12(13)10(11)5-2/h4,6-9H,1,3,5H2,2H3. The molecule has 1 aromatic rings. The molecule has 0 nitrogen and oxygen atoms in total. The molecule has 0 saturated carbocycles. The van der Waals surface area contributed by atoms with Crippen molar-refractivity contribution in [3.63, 3.8) is 0 Å². The molecule has 0 spiro atoms. The minimum absolute atomic E-state index is 0.213. The molecule has 0 bridgehead atoms. The van der Waals surface area contributed by atoms with Crippen LogP contribution in [0.25, 0.3) is 0 Å². The zero-order chi connectivity index (χ0) is 9.84. The van der Waals surface area contributed by atoms with Crippen LogP contribution in [-0.4, -0.2) is 0 Å². The zero-order valence-corrected chi connectivity index (χ0v) is 10.0. The van der Waals surface area contributed by atoms with Crippen LogP contribution in [0.2, 0.25) is 0 Å². The van der Waals surface area contributed by atoms with Gasteiger partial charge in [0.1, 0.15) is 0 Å². The van der Waals surface area contributed by atoms with Crippen molar-refractivity contribution in [3.8, 4) is 0 Å². The quantitative estimate of drug-likeness (QED) is 0.582. The lowest BCUT2D eigenvalue weighted by atomic mass is 9.95. The molecule has 1 rings (SSSR count). The van der Waals surface area contributed by atoms with Gasteiger partial charge in [0.25, 0.3) is 0 Å². The van der Waals surface area contributed by atoms with E-state index in [1.165, 1.54) is 14.7 Å². The van der Waals surface area contributed by atoms with E-state index in [0.717, 1.165) is 6.42 Å². The van der Waals surface area contributed by atoms with Crippen LogP contribution < -0.4 is 0 Å². The Bertz CT molecular complexity index is 302. The molecular weight excluding hydrogens is 271 g/mol. The molecule has 0 aromatic heterocycles. The fourth-order valence-corrected chi connectivity index (χ4v) is 2.32. The van der Waals surface area contributed by atoms with Crippen LogP contribution in [0.15, 0.2) is 30.9 Å². The second-order valence-corrected chi connectivity index (χ2v) is 4.17. The second-order valence-electron chi connectivity index (χ2n) is 3.00. The van der Waals surface area contributed by atoms with Crippen LogP contribution in [0.4, 0.5) is 0 Å². The van der Waals surface area contributed by atoms with Crippen LogP contribution in [0.3, 0.4) is 0 Å². The highest BCUT2D eigenvalue weighted by Gasteiger charge is 2.08. The molecule has 1 aromatic carbocycles. The van der Waals surface area contributed by atoms with E-state index in [4.69, 9.17) is 0 Å². The average Bonchev–Trinajstić information content (AvgIpc) is 2.16. The van der Waals surface area contributed by atoms with Gasteiger partial charge in [0.05, 0.1) is 0 Å². The third kappa shape index (κ3) is 2.33. The van der Waals surface area contributed by atoms with Crippen molar-refractivity contribution in [2.45, 2.75) is 19.3 Å². The van der Waals surface area contributed by atoms with E-state index in [2.05, 4.69) is 61.2 Å². The fourth-order valence-electron chi connectivity index (χ4n) is 1.42. The number of hydrogen-bond donors (Lipinski definition) is 0. The molecule has 0 aliphatic rings. The number of rotatable bonds is 3. The van der Waals surface area contributed by atoms with Crippen LogP contribution in [0, 0.1) is 10.5 Å². The Hall–Kier alpha value is -0.310. The lowest BCUT2D eigenvalue weighted by molar-refractivity contribution is 0.998. The lowest BCUT2D eigenvalue weighted by Gasteiger charge is -2.13. The summed E-state index contributed by atoms with van der Waals surface area (Å²) in [6.07, 6.45) is 2.96. The zero-order valence-electron chi connectivity index (χ0n) is 7.89. The first-order chi connectivity index (χ1) is 6.20. The molecule has 1 heteroatoms. The van der Waals surface area contributed by atoms with E-state index >= 15 is 0 Å². The van der Waals surface area contributed by atoms with Crippen molar-refractivity contribution >= 4 is 22.6 Å². The van der Waals surface area contributed by atoms with Gasteiger partial charge < -0.3 is 0 Å². The largest absolute Gasteiger partial charge is 0.102 e. The first-order valence-electron chi connectivity index (χ1n) is 4.43. The Balaban J connectivity index is 3.19. The molecule has 0 amide bonds. The summed E-state index contributed by atoms with van der Waals surface area (Å²) in [5.41, 5.74) is 2.72. The third-order valence-corrected chi connectivity index (χ3v) is 3.20. The van der Waals surface area contributed by atoms with Crippen molar-refractivity contribution in [3.05, 3.63) is 52.5 Å². The summed E-state index contributed by atoms with van der Waals surface area (Å²) >= 11 is 2.37. The van der Waals surface area contributed by atoms with Crippen LogP contribution in [-0.2, 0) is 6.42 Å². The van der Waals surface area contributed by atoms with Gasteiger partial charge in [-0.15, -0.1) is 6.58 Å². The van der Waals surface area contributed by atoms with Crippen LogP contribution >= 0.6 is 22.6 Å². The minimum atomic E-state index is 0.213. The van der Waals surface area contributed by atoms with Gasteiger partial charge in [0.2, 0.25) is 0 Å². The topological polar surface area (TPSA) is 0 Å². The maximum atomic E-state index is 4.06. The van der Waals surface area contributed by atoms with E-state index in [-0.39, 0.29) is 5.92 Å². The fraction of sp³-hybridized carbons (Fsp3) is 0.250. The first-order valence-corrected chi connectivity index (χ1v) is 5.51. The van der Waals surface area contributed by atoms with E-state index < -0.39 is 0 Å². The summed E-state index contributed by atoms with van der Waals surface area (Å²) in [4.78, 5) is 0. The van der Waals surface area contributed by atoms with Gasteiger partial charge in [0, 0.05) is 9.49 Å². The van der Waals surface area contributed by atoms with Crippen molar-refractivity contribution in [1.82, 2.24) is 0 Å². The van der Waals surface area contributed by atoms with Gasteiger partial charge in [-0.25, -0.2) is 0 Å². The molecule has 1 radical (unpaired) electrons. The maximum Gasteiger partial charge on any atom is 0.0165 e. The Morgan fingerprint density at radius 2 is 2.23 bits per heavy atom. The summed E-state index contributed by atoms with van der Waals surface area (Å²) in [7, 11) is 0. The Morgan fingerprint density at radius 3 is 2.77 bits per heavy atom. The van der Waals surface area contributed by atoms with Gasteiger partial charge in [-0.05, 0) is 53.1 Å². The summed E-state index contributed by atoms with van der Waals surface area (Å²) in [5, 5.41) is 0. The summed E-state index contributed by atoms with van der Waals surface area (Å²) < 4.78 is 1.33. The summed E-state index contributed by atoms with van der Waals surface area (Å²) in [6, 6.07) is 6.36. The first kappa shape index (κ1) is 10.8. The van der Waals surface area contributed by atoms with Crippen LogP contribution in [0.1, 0.15) is 24.0 Å². The molecule has 0 aliphatic heterocycles. The van der Waals surface area contributed by atoms with Crippen LogP contribution in [0.5, 0.6) is 0 Å². The Morgan fingerprint density at radius 1 is 1.54 bits per heavy atom. The van der Waals surface area contributed by atoms with Gasteiger partial charge in [0.15, 0.2) is 0 Å². The lowest BCUT2D eigenvalue weighted by Crippen LogP contribution is -1.98. The third-order valence-electron chi connectivity index (χ3n) is 2.19. The molecular formula is C12H14I. The van der Waals surface area contributed by atoms with Gasteiger partial charge in [-0.1, -0.05) is 25.1 Å². The highest BCUT2D eigenvalue weighted by atomic mass is 127. The molecule has 0 fully saturated rings. The molecule has 1 atom stereocenters. The number of benzene rings is 1. The molecule has 0 saturated heterocycles.